The van der Waals surface area contributed by atoms with Gasteiger partial charge in [-0.2, -0.15) is 0 Å². The standard InChI is InChI=1S/C18H19ClN4O4/c1-18(26)13(25)17(23-6-5-11-15(20)21-8-22-16(11)23)27-14(18)12(24)9-3-2-4-10(19)7-9/h2-8,12-14,17,24-26H,1H3,(H2,20,21,22)/t12-,13-,14+,17+,18-/m0/s1. The van der Waals surface area contributed by atoms with Crippen molar-refractivity contribution in [3.63, 3.8) is 0 Å². The van der Waals surface area contributed by atoms with Crippen LogP contribution >= 0.6 is 11.6 Å². The Balaban J connectivity index is 1.71. The molecule has 1 aromatic carbocycles. The topological polar surface area (TPSA) is 127 Å². The number of ether oxygens (including phenoxy) is 1. The number of halogens is 1. The summed E-state index contributed by atoms with van der Waals surface area (Å²) in [4.78, 5) is 8.12. The average Bonchev–Trinajstić information content (AvgIpc) is 3.15. The van der Waals surface area contributed by atoms with Crippen LogP contribution in [0.4, 0.5) is 5.82 Å². The number of nitrogen functional groups attached to an aromatic ring is 1. The summed E-state index contributed by atoms with van der Waals surface area (Å²) in [5.74, 6) is 0.300. The molecule has 9 heteroatoms. The number of fused-ring (bicyclic) bond motifs is 1. The van der Waals surface area contributed by atoms with Crippen molar-refractivity contribution in [1.82, 2.24) is 14.5 Å². The summed E-state index contributed by atoms with van der Waals surface area (Å²) < 4.78 is 7.47. The van der Waals surface area contributed by atoms with E-state index in [1.54, 1.807) is 41.1 Å². The van der Waals surface area contributed by atoms with Crippen molar-refractivity contribution in [1.29, 1.82) is 0 Å². The lowest BCUT2D eigenvalue weighted by atomic mass is 9.88. The quantitative estimate of drug-likeness (QED) is 0.532. The number of benzene rings is 1. The van der Waals surface area contributed by atoms with Gasteiger partial charge >= 0.3 is 0 Å². The molecule has 1 aliphatic heterocycles. The first-order chi connectivity index (χ1) is 12.8. The van der Waals surface area contributed by atoms with Crippen molar-refractivity contribution in [2.45, 2.75) is 37.1 Å². The first kappa shape index (κ1) is 18.1. The van der Waals surface area contributed by atoms with Crippen LogP contribution in [0.15, 0.2) is 42.9 Å². The van der Waals surface area contributed by atoms with Gasteiger partial charge in [-0.3, -0.25) is 0 Å². The highest BCUT2D eigenvalue weighted by Crippen LogP contribution is 2.43. The fraction of sp³-hybridized carbons (Fsp3) is 0.333. The molecule has 1 saturated heterocycles. The van der Waals surface area contributed by atoms with Crippen LogP contribution in [-0.2, 0) is 4.74 Å². The van der Waals surface area contributed by atoms with E-state index in [0.29, 0.717) is 27.4 Å². The highest BCUT2D eigenvalue weighted by atomic mass is 35.5. The summed E-state index contributed by atoms with van der Waals surface area (Å²) >= 11 is 5.99. The van der Waals surface area contributed by atoms with E-state index in [1.807, 2.05) is 0 Å². The SMILES string of the molecule is C[C@@]1(O)[C@@H]([C@@H](O)c2cccc(Cl)c2)O[C@@H](n2ccc3c(N)ncnc32)[C@@H]1O. The van der Waals surface area contributed by atoms with E-state index in [0.717, 1.165) is 0 Å². The van der Waals surface area contributed by atoms with E-state index in [2.05, 4.69) is 9.97 Å². The maximum atomic E-state index is 10.9. The fourth-order valence-electron chi connectivity index (χ4n) is 3.49. The maximum Gasteiger partial charge on any atom is 0.164 e. The zero-order chi connectivity index (χ0) is 19.3. The Morgan fingerprint density at radius 1 is 1.33 bits per heavy atom. The van der Waals surface area contributed by atoms with Crippen molar-refractivity contribution in [3.05, 3.63) is 53.4 Å². The Morgan fingerprint density at radius 3 is 2.85 bits per heavy atom. The van der Waals surface area contributed by atoms with Crippen molar-refractivity contribution in [3.8, 4) is 0 Å². The van der Waals surface area contributed by atoms with Gasteiger partial charge < -0.3 is 30.4 Å². The van der Waals surface area contributed by atoms with Crippen LogP contribution in [0.2, 0.25) is 5.02 Å². The summed E-state index contributed by atoms with van der Waals surface area (Å²) in [7, 11) is 0. The number of rotatable bonds is 3. The fourth-order valence-corrected chi connectivity index (χ4v) is 3.69. The van der Waals surface area contributed by atoms with Gasteiger partial charge in [-0.1, -0.05) is 23.7 Å². The molecular formula is C18H19ClN4O4. The highest BCUT2D eigenvalue weighted by Gasteiger charge is 2.55. The number of aliphatic hydroxyl groups is 3. The minimum absolute atomic E-state index is 0.300. The van der Waals surface area contributed by atoms with Crippen LogP contribution in [0.25, 0.3) is 11.0 Å². The van der Waals surface area contributed by atoms with Crippen LogP contribution in [-0.4, -0.2) is 47.7 Å². The minimum atomic E-state index is -1.72. The summed E-state index contributed by atoms with van der Waals surface area (Å²) in [6, 6.07) is 8.34. The van der Waals surface area contributed by atoms with Crippen molar-refractivity contribution < 1.29 is 20.1 Å². The third-order valence-electron chi connectivity index (χ3n) is 5.02. The second kappa shape index (κ2) is 6.43. The third kappa shape index (κ3) is 2.86. The molecule has 5 atom stereocenters. The number of anilines is 1. The van der Waals surface area contributed by atoms with Crippen LogP contribution in [0.3, 0.4) is 0 Å². The van der Waals surface area contributed by atoms with Gasteiger partial charge in [0.15, 0.2) is 6.23 Å². The molecule has 27 heavy (non-hydrogen) atoms. The normalized spacial score (nSPS) is 29.3. The zero-order valence-corrected chi connectivity index (χ0v) is 15.2. The number of aromatic nitrogens is 3. The molecule has 0 radical (unpaired) electrons. The second-order valence-electron chi connectivity index (χ2n) is 6.84. The largest absolute Gasteiger partial charge is 0.386 e. The van der Waals surface area contributed by atoms with Gasteiger partial charge in [0.25, 0.3) is 0 Å². The Bertz CT molecular complexity index is 992. The third-order valence-corrected chi connectivity index (χ3v) is 5.26. The molecule has 0 saturated carbocycles. The molecule has 142 valence electrons. The number of nitrogens with zero attached hydrogens (tertiary/aromatic N) is 3. The van der Waals surface area contributed by atoms with Crippen LogP contribution in [0, 0.1) is 0 Å². The highest BCUT2D eigenvalue weighted by molar-refractivity contribution is 6.30. The van der Waals surface area contributed by atoms with E-state index < -0.39 is 30.1 Å². The van der Waals surface area contributed by atoms with Crippen LogP contribution in [0.1, 0.15) is 24.8 Å². The number of aliphatic hydroxyl groups excluding tert-OH is 2. The van der Waals surface area contributed by atoms with E-state index in [4.69, 9.17) is 22.1 Å². The molecule has 3 heterocycles. The molecule has 0 unspecified atom stereocenters. The van der Waals surface area contributed by atoms with E-state index in [-0.39, 0.29) is 0 Å². The smallest absolute Gasteiger partial charge is 0.164 e. The lowest BCUT2D eigenvalue weighted by molar-refractivity contribution is -0.115. The van der Waals surface area contributed by atoms with Crippen molar-refractivity contribution in [2.24, 2.45) is 0 Å². The van der Waals surface area contributed by atoms with E-state index >= 15 is 0 Å². The monoisotopic (exact) mass is 390 g/mol. The Hall–Kier alpha value is -2.23. The summed E-state index contributed by atoms with van der Waals surface area (Å²) in [5.41, 5.74) is 5.07. The molecule has 3 aromatic rings. The molecule has 1 aliphatic rings. The molecule has 2 aromatic heterocycles. The van der Waals surface area contributed by atoms with Crippen LogP contribution in [0.5, 0.6) is 0 Å². The van der Waals surface area contributed by atoms with Gasteiger partial charge in [-0.15, -0.1) is 0 Å². The predicted octanol–water partition coefficient (Wildman–Crippen LogP) is 1.41. The number of nitrogens with two attached hydrogens (primary N) is 1. The molecule has 0 spiro atoms. The molecule has 0 bridgehead atoms. The molecule has 0 amide bonds. The summed E-state index contributed by atoms with van der Waals surface area (Å²) in [6.07, 6.45) is -1.61. The van der Waals surface area contributed by atoms with Gasteiger partial charge in [0, 0.05) is 11.2 Å². The van der Waals surface area contributed by atoms with Crippen molar-refractivity contribution in [2.75, 3.05) is 5.73 Å². The zero-order valence-electron chi connectivity index (χ0n) is 14.4. The molecule has 0 aliphatic carbocycles. The number of hydrogen-bond donors (Lipinski definition) is 4. The lowest BCUT2D eigenvalue weighted by Crippen LogP contribution is -2.47. The molecule has 4 rings (SSSR count). The van der Waals surface area contributed by atoms with Gasteiger partial charge in [-0.05, 0) is 30.7 Å². The first-order valence-electron chi connectivity index (χ1n) is 8.37. The Morgan fingerprint density at radius 2 is 2.11 bits per heavy atom. The lowest BCUT2D eigenvalue weighted by Gasteiger charge is -2.29. The molecule has 1 fully saturated rings. The molecule has 5 N–H and O–H groups in total. The van der Waals surface area contributed by atoms with Crippen molar-refractivity contribution >= 4 is 28.5 Å². The second-order valence-corrected chi connectivity index (χ2v) is 7.27. The van der Waals surface area contributed by atoms with E-state index in [9.17, 15) is 15.3 Å². The summed E-state index contributed by atoms with van der Waals surface area (Å²) in [5, 5.41) is 33.4. The van der Waals surface area contributed by atoms with Gasteiger partial charge in [0.2, 0.25) is 0 Å². The maximum absolute atomic E-state index is 10.9. The van der Waals surface area contributed by atoms with Gasteiger partial charge in [-0.25, -0.2) is 9.97 Å². The van der Waals surface area contributed by atoms with Gasteiger partial charge in [0.1, 0.15) is 41.7 Å². The number of hydrogen-bond acceptors (Lipinski definition) is 7. The van der Waals surface area contributed by atoms with E-state index in [1.165, 1.54) is 13.3 Å². The Kier molecular flexibility index (Phi) is 4.32. The Labute approximate surface area is 159 Å². The molecule has 8 nitrogen and oxygen atoms in total. The average molecular weight is 391 g/mol. The van der Waals surface area contributed by atoms with Crippen LogP contribution < -0.4 is 5.73 Å². The molecular weight excluding hydrogens is 372 g/mol. The predicted molar refractivity (Wildman–Crippen MR) is 98.9 cm³/mol. The first-order valence-corrected chi connectivity index (χ1v) is 8.75. The summed E-state index contributed by atoms with van der Waals surface area (Å²) in [6.45, 7) is 1.42. The minimum Gasteiger partial charge on any atom is -0.386 e. The van der Waals surface area contributed by atoms with Gasteiger partial charge in [0.05, 0.1) is 5.39 Å².